The fourth-order valence-electron chi connectivity index (χ4n) is 2.36. The summed E-state index contributed by atoms with van der Waals surface area (Å²) in [6.45, 7) is 6.76. The van der Waals surface area contributed by atoms with E-state index < -0.39 is 0 Å². The second kappa shape index (κ2) is 10.9. The molecule has 2 amide bonds. The monoisotopic (exact) mass is 396 g/mol. The van der Waals surface area contributed by atoms with Crippen LogP contribution in [-0.4, -0.2) is 35.4 Å². The van der Waals surface area contributed by atoms with E-state index in [-0.39, 0.29) is 55.0 Å². The number of hydrogen-bond acceptors (Lipinski definition) is 5. The number of nitrogens with one attached hydrogen (secondary N) is 3. The van der Waals surface area contributed by atoms with Crippen LogP contribution in [0.4, 0.5) is 5.13 Å². The standard InChI is InChI=1S/C15H24N4O2S.2ClH/c1-9(2)14(21)19-15-17-11(8-22-15)7-13(20)18-12-5-4-6-16-10(12)3;;/h8-10,12,16H,4-7H2,1-3H3,(H,18,20)(H,17,19,21);2*1H. The van der Waals surface area contributed by atoms with Gasteiger partial charge in [-0.05, 0) is 26.3 Å². The van der Waals surface area contributed by atoms with Gasteiger partial charge in [-0.25, -0.2) is 4.98 Å². The maximum Gasteiger partial charge on any atom is 0.228 e. The van der Waals surface area contributed by atoms with Crippen LogP contribution >= 0.6 is 36.2 Å². The van der Waals surface area contributed by atoms with Gasteiger partial charge in [-0.1, -0.05) is 13.8 Å². The second-order valence-electron chi connectivity index (χ2n) is 6.02. The first kappa shape index (κ1) is 23.1. The topological polar surface area (TPSA) is 83.1 Å². The summed E-state index contributed by atoms with van der Waals surface area (Å²) in [6.07, 6.45) is 2.33. The minimum absolute atomic E-state index is 0. The number of halogens is 2. The summed E-state index contributed by atoms with van der Waals surface area (Å²) < 4.78 is 0. The molecule has 2 atom stereocenters. The third-order valence-electron chi connectivity index (χ3n) is 3.76. The van der Waals surface area contributed by atoms with Crippen molar-refractivity contribution in [1.29, 1.82) is 0 Å². The predicted octanol–water partition coefficient (Wildman–Crippen LogP) is 2.38. The van der Waals surface area contributed by atoms with Gasteiger partial charge in [0.1, 0.15) is 0 Å². The number of carbonyl (C=O) groups is 2. The number of thiazole rings is 1. The van der Waals surface area contributed by atoms with E-state index in [4.69, 9.17) is 0 Å². The van der Waals surface area contributed by atoms with Crippen molar-refractivity contribution in [3.05, 3.63) is 11.1 Å². The minimum Gasteiger partial charge on any atom is -0.351 e. The highest BCUT2D eigenvalue weighted by molar-refractivity contribution is 7.13. The van der Waals surface area contributed by atoms with E-state index in [0.717, 1.165) is 19.4 Å². The lowest BCUT2D eigenvalue weighted by atomic mass is 10.00. The highest BCUT2D eigenvalue weighted by Crippen LogP contribution is 2.17. The van der Waals surface area contributed by atoms with Crippen LogP contribution in [0.15, 0.2) is 5.38 Å². The smallest absolute Gasteiger partial charge is 0.228 e. The largest absolute Gasteiger partial charge is 0.351 e. The van der Waals surface area contributed by atoms with Crippen LogP contribution in [0.1, 0.15) is 39.3 Å². The Morgan fingerprint density at radius 1 is 1.42 bits per heavy atom. The number of aromatic nitrogens is 1. The third-order valence-corrected chi connectivity index (χ3v) is 4.56. The Morgan fingerprint density at radius 3 is 2.75 bits per heavy atom. The molecule has 0 spiro atoms. The quantitative estimate of drug-likeness (QED) is 0.713. The van der Waals surface area contributed by atoms with Crippen molar-refractivity contribution < 1.29 is 9.59 Å². The molecule has 1 aliphatic rings. The van der Waals surface area contributed by atoms with Crippen molar-refractivity contribution in [1.82, 2.24) is 15.6 Å². The van der Waals surface area contributed by atoms with Crippen LogP contribution in [0.5, 0.6) is 0 Å². The van der Waals surface area contributed by atoms with Gasteiger partial charge in [-0.3, -0.25) is 9.59 Å². The molecule has 138 valence electrons. The second-order valence-corrected chi connectivity index (χ2v) is 6.88. The lowest BCUT2D eigenvalue weighted by Gasteiger charge is -2.30. The minimum atomic E-state index is -0.0871. The Labute approximate surface area is 159 Å². The summed E-state index contributed by atoms with van der Waals surface area (Å²) in [6, 6.07) is 0.481. The molecule has 0 aromatic carbocycles. The Hall–Kier alpha value is -0.890. The highest BCUT2D eigenvalue weighted by Gasteiger charge is 2.22. The average Bonchev–Trinajstić information content (AvgIpc) is 2.88. The normalized spacial score (nSPS) is 19.8. The van der Waals surface area contributed by atoms with Crippen LogP contribution in [0.2, 0.25) is 0 Å². The van der Waals surface area contributed by atoms with E-state index in [2.05, 4.69) is 27.9 Å². The molecule has 1 saturated heterocycles. The summed E-state index contributed by atoms with van der Waals surface area (Å²) in [4.78, 5) is 28.0. The summed E-state index contributed by atoms with van der Waals surface area (Å²) in [5.41, 5.74) is 0.693. The average molecular weight is 397 g/mol. The molecule has 2 rings (SSSR count). The van der Waals surface area contributed by atoms with Crippen molar-refractivity contribution in [2.75, 3.05) is 11.9 Å². The zero-order valence-electron chi connectivity index (χ0n) is 14.1. The number of nitrogens with zero attached hydrogens (tertiary/aromatic N) is 1. The van der Waals surface area contributed by atoms with Crippen LogP contribution in [0.3, 0.4) is 0 Å². The molecule has 24 heavy (non-hydrogen) atoms. The van der Waals surface area contributed by atoms with Crippen molar-refractivity contribution in [2.45, 2.75) is 52.1 Å². The number of amides is 2. The zero-order chi connectivity index (χ0) is 16.1. The van der Waals surface area contributed by atoms with Crippen molar-refractivity contribution in [2.24, 2.45) is 5.92 Å². The molecule has 0 aliphatic carbocycles. The first-order valence-corrected chi connectivity index (χ1v) is 8.61. The first-order chi connectivity index (χ1) is 10.5. The molecule has 2 heterocycles. The van der Waals surface area contributed by atoms with Gasteiger partial charge in [-0.15, -0.1) is 36.2 Å². The summed E-state index contributed by atoms with van der Waals surface area (Å²) in [5.74, 6) is -0.170. The molecule has 1 fully saturated rings. The van der Waals surface area contributed by atoms with Gasteiger partial charge in [-0.2, -0.15) is 0 Å². The van der Waals surface area contributed by atoms with E-state index >= 15 is 0 Å². The van der Waals surface area contributed by atoms with Gasteiger partial charge in [0.15, 0.2) is 5.13 Å². The lowest BCUT2D eigenvalue weighted by molar-refractivity contribution is -0.121. The summed E-state index contributed by atoms with van der Waals surface area (Å²) in [5, 5.41) is 11.5. The molecule has 1 aromatic rings. The van der Waals surface area contributed by atoms with E-state index in [1.54, 1.807) is 0 Å². The molecule has 1 aliphatic heterocycles. The van der Waals surface area contributed by atoms with Crippen molar-refractivity contribution >= 4 is 53.1 Å². The number of anilines is 1. The molecule has 6 nitrogen and oxygen atoms in total. The number of rotatable bonds is 5. The van der Waals surface area contributed by atoms with Crippen molar-refractivity contribution in [3.63, 3.8) is 0 Å². The van der Waals surface area contributed by atoms with Crippen LogP contribution < -0.4 is 16.0 Å². The summed E-state index contributed by atoms with van der Waals surface area (Å²) >= 11 is 1.35. The number of hydrogen-bond donors (Lipinski definition) is 3. The predicted molar refractivity (Wildman–Crippen MR) is 102 cm³/mol. The molecule has 3 N–H and O–H groups in total. The maximum atomic E-state index is 12.1. The SMILES string of the molecule is CC(C)C(=O)Nc1nc(CC(=O)NC2CCCNC2C)cs1.Cl.Cl. The van der Waals surface area contributed by atoms with E-state index in [1.807, 2.05) is 19.2 Å². The van der Waals surface area contributed by atoms with E-state index in [9.17, 15) is 9.59 Å². The zero-order valence-corrected chi connectivity index (χ0v) is 16.6. The molecule has 0 saturated carbocycles. The number of piperidine rings is 1. The van der Waals surface area contributed by atoms with Gasteiger partial charge >= 0.3 is 0 Å². The highest BCUT2D eigenvalue weighted by atomic mass is 35.5. The molecule has 0 bridgehead atoms. The number of carbonyl (C=O) groups excluding carboxylic acids is 2. The molecule has 0 radical (unpaired) electrons. The first-order valence-electron chi connectivity index (χ1n) is 7.73. The third kappa shape index (κ3) is 6.93. The van der Waals surface area contributed by atoms with Gasteiger partial charge in [0, 0.05) is 23.4 Å². The van der Waals surface area contributed by atoms with Gasteiger partial charge < -0.3 is 16.0 Å². The Bertz CT molecular complexity index is 539. The Kier molecular flexibility index (Phi) is 10.5. The van der Waals surface area contributed by atoms with Crippen LogP contribution in [0.25, 0.3) is 0 Å². The fourth-order valence-corrected chi connectivity index (χ4v) is 3.07. The Morgan fingerprint density at radius 2 is 2.12 bits per heavy atom. The maximum absolute atomic E-state index is 12.1. The van der Waals surface area contributed by atoms with Crippen molar-refractivity contribution in [3.8, 4) is 0 Å². The van der Waals surface area contributed by atoms with E-state index in [1.165, 1.54) is 11.3 Å². The van der Waals surface area contributed by atoms with Crippen LogP contribution in [0, 0.1) is 5.92 Å². The molecular formula is C15H26Cl2N4O2S. The molecule has 1 aromatic heterocycles. The molecule has 9 heteroatoms. The van der Waals surface area contributed by atoms with Gasteiger partial charge in [0.05, 0.1) is 12.1 Å². The van der Waals surface area contributed by atoms with Gasteiger partial charge in [0.2, 0.25) is 11.8 Å². The lowest BCUT2D eigenvalue weighted by Crippen LogP contribution is -2.52. The molecular weight excluding hydrogens is 371 g/mol. The van der Waals surface area contributed by atoms with Crippen LogP contribution in [-0.2, 0) is 16.0 Å². The summed E-state index contributed by atoms with van der Waals surface area (Å²) in [7, 11) is 0. The Balaban J connectivity index is 0.00000264. The fraction of sp³-hybridized carbons (Fsp3) is 0.667. The van der Waals surface area contributed by atoms with Gasteiger partial charge in [0.25, 0.3) is 0 Å². The molecule has 2 unspecified atom stereocenters. The van der Waals surface area contributed by atoms with E-state index in [0.29, 0.717) is 16.9 Å².